The summed E-state index contributed by atoms with van der Waals surface area (Å²) in [4.78, 5) is 6.73. The summed E-state index contributed by atoms with van der Waals surface area (Å²) in [6.45, 7) is 4.99. The van der Waals surface area contributed by atoms with Crippen molar-refractivity contribution in [1.29, 1.82) is 0 Å². The Balaban J connectivity index is 1.76. The molecule has 4 nitrogen and oxygen atoms in total. The van der Waals surface area contributed by atoms with Crippen LogP contribution in [0.25, 0.3) is 0 Å². The molecule has 4 heteroatoms. The Morgan fingerprint density at radius 1 is 1.56 bits per heavy atom. The molecule has 2 fully saturated rings. The first kappa shape index (κ1) is 12.1. The third-order valence-electron chi connectivity index (χ3n) is 4.30. The van der Waals surface area contributed by atoms with Gasteiger partial charge in [0, 0.05) is 43.5 Å². The number of likely N-dealkylation sites (N-methyl/N-ethyl adjacent to an activating group) is 1. The lowest BCUT2D eigenvalue weighted by atomic mass is 9.74. The molecular weight excluding hydrogens is 226 g/mol. The highest BCUT2D eigenvalue weighted by molar-refractivity contribution is 5.25. The average molecular weight is 247 g/mol. The summed E-state index contributed by atoms with van der Waals surface area (Å²) in [6, 6.07) is 4.81. The lowest BCUT2D eigenvalue weighted by Gasteiger charge is -2.46. The second kappa shape index (κ2) is 4.96. The van der Waals surface area contributed by atoms with E-state index in [2.05, 4.69) is 28.3 Å². The molecule has 0 radical (unpaired) electrons. The van der Waals surface area contributed by atoms with E-state index < -0.39 is 0 Å². The number of hydrogen-bond acceptors (Lipinski definition) is 4. The number of ether oxygens (including phenoxy) is 1. The van der Waals surface area contributed by atoms with E-state index in [0.29, 0.717) is 6.04 Å². The van der Waals surface area contributed by atoms with E-state index in [-0.39, 0.29) is 5.41 Å². The van der Waals surface area contributed by atoms with Gasteiger partial charge in [0.2, 0.25) is 0 Å². The third kappa shape index (κ3) is 2.16. The molecule has 3 rings (SSSR count). The number of hydrogen-bond donors (Lipinski definition) is 1. The minimum atomic E-state index is 0.187. The first-order chi connectivity index (χ1) is 8.80. The lowest BCUT2D eigenvalue weighted by Crippen LogP contribution is -2.56. The fraction of sp³-hybridized carbons (Fsp3) is 0.643. The molecule has 1 atom stereocenters. The highest BCUT2D eigenvalue weighted by Crippen LogP contribution is 2.37. The van der Waals surface area contributed by atoms with Crippen molar-refractivity contribution in [1.82, 2.24) is 15.2 Å². The van der Waals surface area contributed by atoms with Gasteiger partial charge in [0.05, 0.1) is 13.2 Å². The number of aromatic nitrogens is 1. The van der Waals surface area contributed by atoms with E-state index in [1.807, 2.05) is 18.5 Å². The maximum Gasteiger partial charge on any atom is 0.0586 e. The Morgan fingerprint density at radius 3 is 3.06 bits per heavy atom. The van der Waals surface area contributed by atoms with Crippen LogP contribution in [0.4, 0.5) is 0 Å². The number of nitrogens with zero attached hydrogens (tertiary/aromatic N) is 2. The van der Waals surface area contributed by atoms with Gasteiger partial charge in [-0.05, 0) is 25.1 Å². The maximum atomic E-state index is 5.50. The molecule has 3 heterocycles. The predicted octanol–water partition coefficient (Wildman–Crippen LogP) is 0.643. The minimum Gasteiger partial charge on any atom is -0.379 e. The molecular formula is C14H21N3O. The molecule has 2 aliphatic rings. The highest BCUT2D eigenvalue weighted by Gasteiger charge is 2.43. The Bertz CT molecular complexity index is 391. The summed E-state index contributed by atoms with van der Waals surface area (Å²) in [7, 11) is 2.22. The smallest absolute Gasteiger partial charge is 0.0586 e. The van der Waals surface area contributed by atoms with Gasteiger partial charge in [0.25, 0.3) is 0 Å². The molecule has 1 aromatic heterocycles. The van der Waals surface area contributed by atoms with Crippen LogP contribution in [-0.2, 0) is 10.2 Å². The van der Waals surface area contributed by atoms with Gasteiger partial charge in [-0.15, -0.1) is 0 Å². The van der Waals surface area contributed by atoms with Crippen LogP contribution in [-0.4, -0.2) is 55.8 Å². The number of piperazine rings is 1. The van der Waals surface area contributed by atoms with Crippen LogP contribution in [0.2, 0.25) is 0 Å². The van der Waals surface area contributed by atoms with Gasteiger partial charge >= 0.3 is 0 Å². The maximum absolute atomic E-state index is 5.50. The SMILES string of the molecule is CN1CCNCC1CC1(c2cccnc2)COC1. The fourth-order valence-electron chi connectivity index (χ4n) is 2.97. The van der Waals surface area contributed by atoms with Gasteiger partial charge in [0.15, 0.2) is 0 Å². The van der Waals surface area contributed by atoms with Crippen molar-refractivity contribution in [2.45, 2.75) is 17.9 Å². The van der Waals surface area contributed by atoms with Crippen LogP contribution in [0.15, 0.2) is 24.5 Å². The second-order valence-corrected chi connectivity index (χ2v) is 5.56. The van der Waals surface area contributed by atoms with Gasteiger partial charge in [-0.1, -0.05) is 6.07 Å². The molecule has 2 aliphatic heterocycles. The molecule has 0 amide bonds. The van der Waals surface area contributed by atoms with E-state index in [4.69, 9.17) is 4.74 Å². The Hall–Kier alpha value is -0.970. The van der Waals surface area contributed by atoms with E-state index in [1.54, 1.807) is 0 Å². The molecule has 0 aromatic carbocycles. The Labute approximate surface area is 108 Å². The number of nitrogens with one attached hydrogen (secondary N) is 1. The summed E-state index contributed by atoms with van der Waals surface area (Å²) < 4.78 is 5.50. The van der Waals surface area contributed by atoms with Gasteiger partial charge < -0.3 is 15.0 Å². The van der Waals surface area contributed by atoms with Crippen molar-refractivity contribution in [3.8, 4) is 0 Å². The molecule has 0 bridgehead atoms. The normalized spacial score (nSPS) is 27.7. The quantitative estimate of drug-likeness (QED) is 0.851. The zero-order valence-electron chi connectivity index (χ0n) is 10.9. The molecule has 2 saturated heterocycles. The molecule has 0 spiro atoms. The predicted molar refractivity (Wildman–Crippen MR) is 70.6 cm³/mol. The zero-order valence-corrected chi connectivity index (χ0v) is 10.9. The second-order valence-electron chi connectivity index (χ2n) is 5.56. The van der Waals surface area contributed by atoms with Crippen molar-refractivity contribution in [2.75, 3.05) is 39.9 Å². The zero-order chi connectivity index (χ0) is 12.4. The van der Waals surface area contributed by atoms with Crippen molar-refractivity contribution in [2.24, 2.45) is 0 Å². The standard InChI is InChI=1S/C14H21N3O/c1-17-6-5-16-9-13(17)7-14(10-18-11-14)12-3-2-4-15-8-12/h2-4,8,13,16H,5-7,9-11H2,1H3. The fourth-order valence-corrected chi connectivity index (χ4v) is 2.97. The lowest BCUT2D eigenvalue weighted by molar-refractivity contribution is -0.0755. The molecule has 98 valence electrons. The van der Waals surface area contributed by atoms with E-state index in [0.717, 1.165) is 39.3 Å². The molecule has 18 heavy (non-hydrogen) atoms. The van der Waals surface area contributed by atoms with Crippen molar-refractivity contribution < 1.29 is 4.74 Å². The number of pyridine rings is 1. The summed E-state index contributed by atoms with van der Waals surface area (Å²) >= 11 is 0. The van der Waals surface area contributed by atoms with Crippen LogP contribution >= 0.6 is 0 Å². The molecule has 1 unspecified atom stereocenters. The van der Waals surface area contributed by atoms with Crippen molar-refractivity contribution >= 4 is 0 Å². The summed E-state index contributed by atoms with van der Waals surface area (Å²) in [5.74, 6) is 0. The van der Waals surface area contributed by atoms with E-state index in [1.165, 1.54) is 5.56 Å². The molecule has 1 N–H and O–H groups in total. The average Bonchev–Trinajstić information content (AvgIpc) is 2.37. The molecule has 0 aliphatic carbocycles. The largest absolute Gasteiger partial charge is 0.379 e. The van der Waals surface area contributed by atoms with Crippen LogP contribution < -0.4 is 5.32 Å². The van der Waals surface area contributed by atoms with Crippen molar-refractivity contribution in [3.63, 3.8) is 0 Å². The topological polar surface area (TPSA) is 37.4 Å². The van der Waals surface area contributed by atoms with Gasteiger partial charge in [-0.2, -0.15) is 0 Å². The van der Waals surface area contributed by atoms with Crippen LogP contribution in [0.5, 0.6) is 0 Å². The van der Waals surface area contributed by atoms with E-state index >= 15 is 0 Å². The first-order valence-electron chi connectivity index (χ1n) is 6.69. The van der Waals surface area contributed by atoms with Crippen LogP contribution in [0.1, 0.15) is 12.0 Å². The Morgan fingerprint density at radius 2 is 2.44 bits per heavy atom. The third-order valence-corrected chi connectivity index (χ3v) is 4.30. The van der Waals surface area contributed by atoms with Gasteiger partial charge in [-0.3, -0.25) is 4.98 Å². The van der Waals surface area contributed by atoms with Gasteiger partial charge in [-0.25, -0.2) is 0 Å². The van der Waals surface area contributed by atoms with Gasteiger partial charge in [0.1, 0.15) is 0 Å². The summed E-state index contributed by atoms with van der Waals surface area (Å²) in [5, 5.41) is 3.49. The van der Waals surface area contributed by atoms with Crippen LogP contribution in [0, 0.1) is 0 Å². The summed E-state index contributed by atoms with van der Waals surface area (Å²) in [6.07, 6.45) is 4.99. The summed E-state index contributed by atoms with van der Waals surface area (Å²) in [5.41, 5.74) is 1.52. The first-order valence-corrected chi connectivity index (χ1v) is 6.69. The van der Waals surface area contributed by atoms with Crippen LogP contribution in [0.3, 0.4) is 0 Å². The molecule has 0 saturated carbocycles. The number of rotatable bonds is 3. The highest BCUT2D eigenvalue weighted by atomic mass is 16.5. The Kier molecular flexibility index (Phi) is 3.33. The molecule has 1 aromatic rings. The minimum absolute atomic E-state index is 0.187. The monoisotopic (exact) mass is 247 g/mol. The van der Waals surface area contributed by atoms with E-state index in [9.17, 15) is 0 Å². The van der Waals surface area contributed by atoms with Crippen molar-refractivity contribution in [3.05, 3.63) is 30.1 Å².